The molecule has 1 heterocycles. The number of ether oxygens (including phenoxy) is 2. The molecular formula is C28H24Cl2N2O4S. The molecule has 9 heteroatoms. The summed E-state index contributed by atoms with van der Waals surface area (Å²) < 4.78 is 11.2. The minimum atomic E-state index is -0.606. The highest BCUT2D eigenvalue weighted by atomic mass is 35.5. The number of carbonyl (C=O) groups excluding carboxylic acids is 2. The smallest absolute Gasteiger partial charge is 0.341 e. The first-order valence-electron chi connectivity index (χ1n) is 11.8. The number of amides is 1. The molecule has 1 aliphatic carbocycles. The maximum atomic E-state index is 13.1. The number of rotatable bonds is 8. The van der Waals surface area contributed by atoms with Crippen molar-refractivity contribution < 1.29 is 19.1 Å². The van der Waals surface area contributed by atoms with Gasteiger partial charge in [-0.2, -0.15) is 5.26 Å². The highest BCUT2D eigenvalue weighted by molar-refractivity contribution is 7.17. The van der Waals surface area contributed by atoms with E-state index in [-0.39, 0.29) is 18.8 Å². The largest absolute Gasteiger partial charge is 0.488 e. The number of fused-ring (bicyclic) bond motifs is 1. The second-order valence-corrected chi connectivity index (χ2v) is 10.3. The molecule has 4 rings (SSSR count). The van der Waals surface area contributed by atoms with Crippen LogP contribution in [0.1, 0.15) is 51.7 Å². The van der Waals surface area contributed by atoms with E-state index in [2.05, 4.69) is 5.32 Å². The van der Waals surface area contributed by atoms with Crippen molar-refractivity contribution >= 4 is 57.5 Å². The Morgan fingerprint density at radius 3 is 2.68 bits per heavy atom. The third-order valence-electron chi connectivity index (χ3n) is 5.84. The number of nitrogens with zero attached hydrogens (tertiary/aromatic N) is 1. The van der Waals surface area contributed by atoms with E-state index in [9.17, 15) is 14.9 Å². The maximum Gasteiger partial charge on any atom is 0.341 e. The van der Waals surface area contributed by atoms with E-state index >= 15 is 0 Å². The fraction of sp³-hybridized carbons (Fsp3) is 0.250. The molecule has 0 radical (unpaired) electrons. The molecule has 0 saturated heterocycles. The minimum absolute atomic E-state index is 0.119. The van der Waals surface area contributed by atoms with E-state index in [0.29, 0.717) is 31.9 Å². The van der Waals surface area contributed by atoms with Crippen molar-refractivity contribution in [3.8, 4) is 11.8 Å². The Bertz CT molecular complexity index is 1410. The van der Waals surface area contributed by atoms with Gasteiger partial charge in [-0.3, -0.25) is 4.79 Å². The Kier molecular flexibility index (Phi) is 8.88. The van der Waals surface area contributed by atoms with Crippen molar-refractivity contribution in [3.63, 3.8) is 0 Å². The van der Waals surface area contributed by atoms with Gasteiger partial charge in [-0.15, -0.1) is 11.3 Å². The number of anilines is 1. The van der Waals surface area contributed by atoms with Gasteiger partial charge in [0.1, 0.15) is 29.0 Å². The number of esters is 1. The quantitative estimate of drug-likeness (QED) is 0.180. The van der Waals surface area contributed by atoms with Gasteiger partial charge in [-0.05, 0) is 68.0 Å². The fourth-order valence-electron chi connectivity index (χ4n) is 4.07. The molecule has 3 aromatic rings. The van der Waals surface area contributed by atoms with Gasteiger partial charge in [-0.25, -0.2) is 4.79 Å². The number of hydrogen-bond acceptors (Lipinski definition) is 6. The molecule has 190 valence electrons. The second kappa shape index (κ2) is 12.3. The molecule has 6 nitrogen and oxygen atoms in total. The first kappa shape index (κ1) is 26.7. The topological polar surface area (TPSA) is 88.4 Å². The summed E-state index contributed by atoms with van der Waals surface area (Å²) in [5.41, 5.74) is 2.60. The van der Waals surface area contributed by atoms with Crippen molar-refractivity contribution in [2.75, 3.05) is 11.9 Å². The van der Waals surface area contributed by atoms with Crippen LogP contribution in [0.4, 0.5) is 5.00 Å². The summed E-state index contributed by atoms with van der Waals surface area (Å²) in [6, 6.07) is 14.3. The lowest BCUT2D eigenvalue weighted by Gasteiger charge is -2.12. The van der Waals surface area contributed by atoms with Crippen molar-refractivity contribution in [2.45, 2.75) is 39.2 Å². The van der Waals surface area contributed by atoms with Gasteiger partial charge < -0.3 is 14.8 Å². The monoisotopic (exact) mass is 554 g/mol. The van der Waals surface area contributed by atoms with Crippen molar-refractivity contribution in [3.05, 3.63) is 85.2 Å². The number of nitrogens with one attached hydrogen (secondary N) is 1. The molecule has 37 heavy (non-hydrogen) atoms. The summed E-state index contributed by atoms with van der Waals surface area (Å²) in [5.74, 6) is -0.570. The molecule has 1 N–H and O–H groups in total. The molecule has 0 spiro atoms. The Morgan fingerprint density at radius 2 is 1.92 bits per heavy atom. The molecule has 0 fully saturated rings. The summed E-state index contributed by atoms with van der Waals surface area (Å²) in [5, 5.41) is 13.9. The lowest BCUT2D eigenvalue weighted by molar-refractivity contribution is -0.112. The van der Waals surface area contributed by atoms with Crippen LogP contribution in [0.2, 0.25) is 10.0 Å². The average Bonchev–Trinajstić information content (AvgIpc) is 3.26. The number of benzene rings is 2. The summed E-state index contributed by atoms with van der Waals surface area (Å²) in [6.45, 7) is 2.20. The summed E-state index contributed by atoms with van der Waals surface area (Å²) in [6.07, 6.45) is 5.10. The van der Waals surface area contributed by atoms with Gasteiger partial charge in [0.25, 0.3) is 5.91 Å². The molecule has 0 saturated carbocycles. The van der Waals surface area contributed by atoms with Crippen molar-refractivity contribution in [1.82, 2.24) is 0 Å². The predicted molar refractivity (Wildman–Crippen MR) is 146 cm³/mol. The van der Waals surface area contributed by atoms with Crippen LogP contribution in [0.3, 0.4) is 0 Å². The first-order valence-corrected chi connectivity index (χ1v) is 13.4. The Hall–Kier alpha value is -3.31. The third-order valence-corrected chi connectivity index (χ3v) is 7.79. The fourth-order valence-corrected chi connectivity index (χ4v) is 5.66. The van der Waals surface area contributed by atoms with E-state index in [1.165, 1.54) is 17.4 Å². The summed E-state index contributed by atoms with van der Waals surface area (Å²) in [4.78, 5) is 26.9. The molecule has 0 aliphatic heterocycles. The zero-order valence-corrected chi connectivity index (χ0v) is 22.4. The van der Waals surface area contributed by atoms with Crippen LogP contribution in [0, 0.1) is 11.3 Å². The molecule has 1 amide bonds. The van der Waals surface area contributed by atoms with E-state index in [1.807, 2.05) is 12.1 Å². The van der Waals surface area contributed by atoms with Gasteiger partial charge >= 0.3 is 5.97 Å². The summed E-state index contributed by atoms with van der Waals surface area (Å²) in [7, 11) is 0. The highest BCUT2D eigenvalue weighted by Gasteiger charge is 2.28. The van der Waals surface area contributed by atoms with Crippen molar-refractivity contribution in [1.29, 1.82) is 5.26 Å². The lowest BCUT2D eigenvalue weighted by atomic mass is 9.95. The average molecular weight is 555 g/mol. The van der Waals surface area contributed by atoms with Crippen LogP contribution in [-0.4, -0.2) is 18.5 Å². The molecular weight excluding hydrogens is 531 g/mol. The maximum absolute atomic E-state index is 13.1. The normalized spacial score (nSPS) is 12.9. The van der Waals surface area contributed by atoms with E-state index in [1.54, 1.807) is 43.3 Å². The molecule has 0 unspecified atom stereocenters. The van der Waals surface area contributed by atoms with E-state index < -0.39 is 11.9 Å². The Labute approximate surface area is 229 Å². The SMILES string of the molecule is CCOC(=O)c1c(NC(=O)/C(C#N)=C/c2ccccc2OCc2ccc(Cl)c(Cl)c2)sc2c1CCCC2. The number of carbonyl (C=O) groups is 2. The van der Waals surface area contributed by atoms with Gasteiger partial charge in [0.05, 0.1) is 22.2 Å². The first-order chi connectivity index (χ1) is 17.9. The van der Waals surface area contributed by atoms with Crippen LogP contribution in [0.15, 0.2) is 48.0 Å². The van der Waals surface area contributed by atoms with Gasteiger partial charge in [-0.1, -0.05) is 47.5 Å². The molecule has 0 bridgehead atoms. The van der Waals surface area contributed by atoms with Gasteiger partial charge in [0.2, 0.25) is 0 Å². The standard InChI is InChI=1S/C28H24Cl2N2O4S/c1-2-35-28(34)25-20-8-4-6-10-24(20)37-27(25)32-26(33)19(15-31)14-18-7-3-5-9-23(18)36-16-17-11-12-21(29)22(30)13-17/h3,5,7,9,11-14H,2,4,6,8,10,16H2,1H3,(H,32,33)/b19-14+. The zero-order valence-electron chi connectivity index (χ0n) is 20.1. The number of para-hydroxylation sites is 1. The predicted octanol–water partition coefficient (Wildman–Crippen LogP) is 7.24. The van der Waals surface area contributed by atoms with Gasteiger partial charge in [0, 0.05) is 10.4 Å². The Morgan fingerprint density at radius 1 is 1.14 bits per heavy atom. The molecule has 2 aromatic carbocycles. The number of nitriles is 1. The summed E-state index contributed by atoms with van der Waals surface area (Å²) >= 11 is 13.4. The van der Waals surface area contributed by atoms with E-state index in [0.717, 1.165) is 41.7 Å². The van der Waals surface area contributed by atoms with Gasteiger partial charge in [0.15, 0.2) is 0 Å². The van der Waals surface area contributed by atoms with Crippen LogP contribution in [0.25, 0.3) is 6.08 Å². The number of halogens is 2. The number of aryl methyl sites for hydroxylation is 1. The minimum Gasteiger partial charge on any atom is -0.488 e. The lowest BCUT2D eigenvalue weighted by Crippen LogP contribution is -2.16. The third kappa shape index (κ3) is 6.34. The van der Waals surface area contributed by atoms with Crippen LogP contribution in [0.5, 0.6) is 5.75 Å². The van der Waals surface area contributed by atoms with Crippen LogP contribution >= 0.6 is 34.5 Å². The molecule has 1 aliphatic rings. The highest BCUT2D eigenvalue weighted by Crippen LogP contribution is 2.39. The number of hydrogen-bond donors (Lipinski definition) is 1. The Balaban J connectivity index is 1.57. The number of thiophene rings is 1. The van der Waals surface area contributed by atoms with Crippen LogP contribution < -0.4 is 10.1 Å². The van der Waals surface area contributed by atoms with Crippen LogP contribution in [-0.2, 0) is 29.0 Å². The van der Waals surface area contributed by atoms with E-state index in [4.69, 9.17) is 32.7 Å². The second-order valence-electron chi connectivity index (χ2n) is 8.33. The molecule has 0 atom stereocenters. The molecule has 1 aromatic heterocycles. The van der Waals surface area contributed by atoms with Crippen molar-refractivity contribution in [2.24, 2.45) is 0 Å². The zero-order chi connectivity index (χ0) is 26.4.